The molecule has 1 aromatic carbocycles. The lowest BCUT2D eigenvalue weighted by Crippen LogP contribution is -2.51. The monoisotopic (exact) mass is 528 g/mol. The first kappa shape index (κ1) is 24.8. The van der Waals surface area contributed by atoms with E-state index in [1.807, 2.05) is 0 Å². The topological polar surface area (TPSA) is 79.5 Å². The van der Waals surface area contributed by atoms with Gasteiger partial charge in [-0.1, -0.05) is 11.3 Å². The van der Waals surface area contributed by atoms with Gasteiger partial charge in [0.2, 0.25) is 5.88 Å². The third-order valence-electron chi connectivity index (χ3n) is 7.95. The van der Waals surface area contributed by atoms with Gasteiger partial charge in [-0.3, -0.25) is 0 Å². The number of thiazole rings is 1. The number of benzene rings is 1. The third kappa shape index (κ3) is 4.86. The molecular weight excluding hydrogens is 494 g/mol. The Kier molecular flexibility index (Phi) is 6.66. The van der Waals surface area contributed by atoms with Crippen molar-refractivity contribution in [1.29, 1.82) is 0 Å². The normalized spacial score (nSPS) is 23.2. The zero-order valence-corrected chi connectivity index (χ0v) is 22.2. The molecule has 1 aliphatic carbocycles. The number of ether oxygens (including phenoxy) is 1. The van der Waals surface area contributed by atoms with E-state index in [-0.39, 0.29) is 15.7 Å². The lowest BCUT2D eigenvalue weighted by atomic mass is 9.81. The van der Waals surface area contributed by atoms with Crippen LogP contribution < -0.4 is 20.7 Å². The summed E-state index contributed by atoms with van der Waals surface area (Å²) in [6.45, 7) is 3.52. The summed E-state index contributed by atoms with van der Waals surface area (Å²) in [4.78, 5) is 14.0. The zero-order chi connectivity index (χ0) is 25.7. The van der Waals surface area contributed by atoms with Crippen molar-refractivity contribution in [1.82, 2.24) is 20.2 Å². The van der Waals surface area contributed by atoms with Crippen LogP contribution >= 0.6 is 11.3 Å². The number of halogens is 2. The third-order valence-corrected chi connectivity index (χ3v) is 8.83. The molecule has 4 heterocycles. The molecule has 3 aliphatic rings. The van der Waals surface area contributed by atoms with Crippen LogP contribution in [0.3, 0.4) is 0 Å². The molecule has 2 aromatic heterocycles. The van der Waals surface area contributed by atoms with Crippen LogP contribution in [0.5, 0.6) is 5.88 Å². The van der Waals surface area contributed by atoms with Crippen LogP contribution in [0, 0.1) is 11.6 Å². The second kappa shape index (κ2) is 9.96. The first-order valence-electron chi connectivity index (χ1n) is 13.2. The number of anilines is 2. The van der Waals surface area contributed by atoms with Gasteiger partial charge in [-0.05, 0) is 75.7 Å². The number of nitrogen functional groups attached to an aromatic ring is 1. The van der Waals surface area contributed by atoms with Crippen LogP contribution in [0.15, 0.2) is 12.1 Å². The van der Waals surface area contributed by atoms with Crippen LogP contribution in [0.1, 0.15) is 48.4 Å². The van der Waals surface area contributed by atoms with Crippen molar-refractivity contribution in [2.24, 2.45) is 0 Å². The summed E-state index contributed by atoms with van der Waals surface area (Å²) in [6, 6.07) is 4.47. The van der Waals surface area contributed by atoms with Crippen LogP contribution in [0.25, 0.3) is 10.2 Å². The largest absolute Gasteiger partial charge is 0.478 e. The van der Waals surface area contributed by atoms with Gasteiger partial charge in [0, 0.05) is 43.5 Å². The lowest BCUT2D eigenvalue weighted by Gasteiger charge is -2.37. The molecule has 0 saturated carbocycles. The molecule has 10 heteroatoms. The Labute approximate surface area is 220 Å². The molecule has 3 atom stereocenters. The Balaban J connectivity index is 1.33. The number of piperazine rings is 1. The molecule has 3 N–H and O–H groups in total. The van der Waals surface area contributed by atoms with Crippen molar-refractivity contribution < 1.29 is 13.5 Å². The summed E-state index contributed by atoms with van der Waals surface area (Å²) in [5.74, 6) is -1.09. The quantitative estimate of drug-likeness (QED) is 0.447. The van der Waals surface area contributed by atoms with Gasteiger partial charge in [0.25, 0.3) is 0 Å². The Morgan fingerprint density at radius 1 is 1.16 bits per heavy atom. The number of aromatic nitrogens is 2. The molecule has 198 valence electrons. The molecule has 3 aromatic rings. The average molecular weight is 529 g/mol. The predicted octanol–water partition coefficient (Wildman–Crippen LogP) is 4.10. The predicted molar refractivity (Wildman–Crippen MR) is 144 cm³/mol. The maximum absolute atomic E-state index is 14.6. The fourth-order valence-corrected chi connectivity index (χ4v) is 7.01. The van der Waals surface area contributed by atoms with Crippen LogP contribution in [-0.4, -0.2) is 67.3 Å². The number of pyridine rings is 1. The van der Waals surface area contributed by atoms with Crippen LogP contribution in [0.4, 0.5) is 19.6 Å². The number of nitrogens with zero attached hydrogens (tertiary/aromatic N) is 4. The second-order valence-electron chi connectivity index (χ2n) is 10.9. The first-order chi connectivity index (χ1) is 17.9. The Morgan fingerprint density at radius 3 is 2.70 bits per heavy atom. The minimum absolute atomic E-state index is 0.0184. The molecule has 3 unspecified atom stereocenters. The number of hydrogen-bond acceptors (Lipinski definition) is 8. The van der Waals surface area contributed by atoms with E-state index in [9.17, 15) is 8.78 Å². The summed E-state index contributed by atoms with van der Waals surface area (Å²) in [6.07, 6.45) is 5.62. The average Bonchev–Trinajstić information content (AvgIpc) is 3.44. The number of hydrogen-bond donors (Lipinski definition) is 2. The van der Waals surface area contributed by atoms with Gasteiger partial charge >= 0.3 is 0 Å². The minimum Gasteiger partial charge on any atom is -0.478 e. The van der Waals surface area contributed by atoms with Gasteiger partial charge < -0.3 is 25.6 Å². The van der Waals surface area contributed by atoms with Crippen molar-refractivity contribution in [2.75, 3.05) is 51.0 Å². The first-order valence-corrected chi connectivity index (χ1v) is 14.0. The zero-order valence-electron chi connectivity index (χ0n) is 21.4. The number of nitrogens with two attached hydrogens (primary N) is 1. The van der Waals surface area contributed by atoms with Gasteiger partial charge in [0.05, 0.1) is 22.5 Å². The SMILES string of the molecule is CN(C)CCCOc1cc(N2CC3CCC(C2)N3)c2c(n1)CC(c1cc(F)c(F)c3sc(N)nc13)CC2. The van der Waals surface area contributed by atoms with E-state index in [2.05, 4.69) is 40.3 Å². The molecular formula is C27H34F2N6OS. The molecule has 37 heavy (non-hydrogen) atoms. The molecule has 0 radical (unpaired) electrons. The maximum Gasteiger partial charge on any atom is 0.215 e. The highest BCUT2D eigenvalue weighted by molar-refractivity contribution is 7.22. The fourth-order valence-electron chi connectivity index (χ4n) is 6.22. The summed E-state index contributed by atoms with van der Waals surface area (Å²) >= 11 is 1.000. The van der Waals surface area contributed by atoms with Gasteiger partial charge in [0.15, 0.2) is 16.8 Å². The molecule has 2 saturated heterocycles. The maximum atomic E-state index is 14.6. The van der Waals surface area contributed by atoms with Gasteiger partial charge in [-0.25, -0.2) is 18.7 Å². The molecule has 7 nitrogen and oxygen atoms in total. The highest BCUT2D eigenvalue weighted by atomic mass is 32.1. The van der Waals surface area contributed by atoms with E-state index in [1.165, 1.54) is 30.2 Å². The molecule has 0 amide bonds. The van der Waals surface area contributed by atoms with E-state index in [1.54, 1.807) is 0 Å². The summed E-state index contributed by atoms with van der Waals surface area (Å²) in [5, 5.41) is 3.97. The highest BCUT2D eigenvalue weighted by Gasteiger charge is 2.35. The smallest absolute Gasteiger partial charge is 0.215 e. The van der Waals surface area contributed by atoms with E-state index >= 15 is 0 Å². The Bertz CT molecular complexity index is 1300. The molecule has 2 aliphatic heterocycles. The number of fused-ring (bicyclic) bond motifs is 4. The molecule has 6 rings (SSSR count). The molecule has 2 fully saturated rings. The lowest BCUT2D eigenvalue weighted by molar-refractivity contribution is 0.272. The summed E-state index contributed by atoms with van der Waals surface area (Å²) < 4.78 is 35.4. The van der Waals surface area contributed by atoms with E-state index < -0.39 is 11.6 Å². The summed E-state index contributed by atoms with van der Waals surface area (Å²) in [5.41, 5.74) is 10.5. The highest BCUT2D eigenvalue weighted by Crippen LogP contribution is 2.42. The standard InChI is InChI=1S/C27H34F2N6OS/c1-34(2)8-3-9-36-23-12-22(35-13-16-5-6-17(14-35)31-16)18-7-4-15(10-21(18)32-23)19-11-20(28)24(29)26-25(19)33-27(30)37-26/h11-12,15-17,31H,3-10,13-14H2,1-2H3,(H2,30,33). The second-order valence-corrected chi connectivity index (χ2v) is 11.9. The number of nitrogens with one attached hydrogen (secondary N) is 1. The number of rotatable bonds is 7. The fraction of sp³-hybridized carbons (Fsp3) is 0.556. The van der Waals surface area contributed by atoms with E-state index in [0.29, 0.717) is 42.1 Å². The van der Waals surface area contributed by atoms with Crippen molar-refractivity contribution in [2.45, 2.75) is 56.5 Å². The van der Waals surface area contributed by atoms with Crippen molar-refractivity contribution in [3.05, 3.63) is 40.6 Å². The van der Waals surface area contributed by atoms with Crippen molar-refractivity contribution >= 4 is 32.4 Å². The van der Waals surface area contributed by atoms with Crippen molar-refractivity contribution in [3.63, 3.8) is 0 Å². The minimum atomic E-state index is -0.869. The van der Waals surface area contributed by atoms with Crippen LogP contribution in [0.2, 0.25) is 0 Å². The van der Waals surface area contributed by atoms with Gasteiger partial charge in [0.1, 0.15) is 0 Å². The van der Waals surface area contributed by atoms with Crippen LogP contribution in [-0.2, 0) is 12.8 Å². The Morgan fingerprint density at radius 2 is 1.95 bits per heavy atom. The molecule has 0 spiro atoms. The van der Waals surface area contributed by atoms with E-state index in [4.69, 9.17) is 15.5 Å². The van der Waals surface area contributed by atoms with E-state index in [0.717, 1.165) is 55.9 Å². The molecule has 2 bridgehead atoms. The van der Waals surface area contributed by atoms with Crippen molar-refractivity contribution in [3.8, 4) is 5.88 Å². The van der Waals surface area contributed by atoms with Gasteiger partial charge in [-0.2, -0.15) is 0 Å². The Hall–Kier alpha value is -2.56. The summed E-state index contributed by atoms with van der Waals surface area (Å²) in [7, 11) is 4.11. The van der Waals surface area contributed by atoms with Gasteiger partial charge in [-0.15, -0.1) is 0 Å².